The summed E-state index contributed by atoms with van der Waals surface area (Å²) < 4.78 is 56.2. The lowest BCUT2D eigenvalue weighted by atomic mass is 10.0. The summed E-state index contributed by atoms with van der Waals surface area (Å²) in [5, 5.41) is -1.57. The Hall–Kier alpha value is -2.08. The van der Waals surface area contributed by atoms with Crippen LogP contribution in [0.2, 0.25) is 15.2 Å². The summed E-state index contributed by atoms with van der Waals surface area (Å²) in [7, 11) is 0. The van der Waals surface area contributed by atoms with Gasteiger partial charge in [-0.25, -0.2) is 9.18 Å². The quantitative estimate of drug-likeness (QED) is 0.221. The van der Waals surface area contributed by atoms with Gasteiger partial charge < -0.3 is 4.57 Å². The molecule has 2 rings (SSSR count). The largest absolute Gasteiger partial charge is 0.432 e. The topological polar surface area (TPSA) is 40.5 Å². The van der Waals surface area contributed by atoms with E-state index < -0.39 is 45.0 Å². The standard InChI is InChI=1S/C18H12Cl3F4NO3/c1-4-6-9-13(19)11(29-28-8(3)27)7-10(15(9)22)12-14(20)16(18(23,24)25)26(5-2)17(12)21/h1,7H,5-6H2,2-3H3. The van der Waals surface area contributed by atoms with Gasteiger partial charge in [-0.1, -0.05) is 34.8 Å². The summed E-state index contributed by atoms with van der Waals surface area (Å²) in [5.41, 5.74) is -2.38. The molecule has 11 heteroatoms. The molecule has 0 aliphatic carbocycles. The predicted molar refractivity (Wildman–Crippen MR) is 100 cm³/mol. The van der Waals surface area contributed by atoms with Crippen molar-refractivity contribution in [1.82, 2.24) is 4.57 Å². The van der Waals surface area contributed by atoms with Gasteiger partial charge in [0.05, 0.1) is 10.0 Å². The van der Waals surface area contributed by atoms with Gasteiger partial charge in [-0.3, -0.25) is 9.78 Å². The summed E-state index contributed by atoms with van der Waals surface area (Å²) in [6.07, 6.45) is 0.0403. The van der Waals surface area contributed by atoms with Crippen LogP contribution in [0.25, 0.3) is 11.1 Å². The summed E-state index contributed by atoms with van der Waals surface area (Å²) in [4.78, 5) is 20.2. The van der Waals surface area contributed by atoms with Crippen LogP contribution in [0.15, 0.2) is 6.07 Å². The molecule has 0 fully saturated rings. The van der Waals surface area contributed by atoms with Crippen molar-refractivity contribution in [3.63, 3.8) is 0 Å². The van der Waals surface area contributed by atoms with Gasteiger partial charge in [-0.15, -0.1) is 12.3 Å². The predicted octanol–water partition coefficient (Wildman–Crippen LogP) is 6.33. The van der Waals surface area contributed by atoms with E-state index in [1.807, 2.05) is 0 Å². The summed E-state index contributed by atoms with van der Waals surface area (Å²) in [5.74, 6) is -0.0570. The number of terminal acetylenes is 1. The van der Waals surface area contributed by atoms with E-state index in [2.05, 4.69) is 10.8 Å². The van der Waals surface area contributed by atoms with Gasteiger partial charge in [0, 0.05) is 36.6 Å². The third kappa shape index (κ3) is 4.42. The zero-order chi connectivity index (χ0) is 22.1. The first kappa shape index (κ1) is 23.2. The number of nitrogens with zero attached hydrogens (tertiary/aromatic N) is 1. The number of aromatic nitrogens is 1. The highest BCUT2D eigenvalue weighted by atomic mass is 35.5. The Morgan fingerprint density at radius 2 is 1.90 bits per heavy atom. The summed E-state index contributed by atoms with van der Waals surface area (Å²) in [6, 6.07) is 0.924. The van der Waals surface area contributed by atoms with E-state index in [1.165, 1.54) is 6.92 Å². The van der Waals surface area contributed by atoms with Gasteiger partial charge in [0.2, 0.25) is 0 Å². The maximum Gasteiger partial charge on any atom is 0.432 e. The Morgan fingerprint density at radius 3 is 2.34 bits per heavy atom. The van der Waals surface area contributed by atoms with Gasteiger partial charge in [-0.2, -0.15) is 13.2 Å². The summed E-state index contributed by atoms with van der Waals surface area (Å²) in [6.45, 7) is 2.26. The number of carbonyl (C=O) groups excluding carboxylic acids is 1. The third-order valence-electron chi connectivity index (χ3n) is 3.78. The van der Waals surface area contributed by atoms with E-state index in [-0.39, 0.29) is 29.3 Å². The zero-order valence-corrected chi connectivity index (χ0v) is 17.2. The molecule has 2 aromatic rings. The van der Waals surface area contributed by atoms with E-state index in [0.717, 1.165) is 13.0 Å². The average Bonchev–Trinajstić information content (AvgIpc) is 2.88. The molecule has 1 aromatic carbocycles. The molecule has 0 saturated carbocycles. The molecular weight excluding hydrogens is 461 g/mol. The smallest absolute Gasteiger partial charge is 0.327 e. The number of rotatable bonds is 5. The molecule has 4 nitrogen and oxygen atoms in total. The molecule has 0 saturated heterocycles. The molecule has 0 N–H and O–H groups in total. The average molecular weight is 473 g/mol. The first-order valence-electron chi connectivity index (χ1n) is 7.90. The fourth-order valence-corrected chi connectivity index (χ4v) is 3.72. The Kier molecular flexibility index (Phi) is 6.99. The van der Waals surface area contributed by atoms with Crippen molar-refractivity contribution in [1.29, 1.82) is 0 Å². The van der Waals surface area contributed by atoms with Crippen molar-refractivity contribution >= 4 is 40.8 Å². The van der Waals surface area contributed by atoms with E-state index in [0.29, 0.717) is 4.57 Å². The molecule has 0 atom stereocenters. The van der Waals surface area contributed by atoms with Gasteiger partial charge in [0.1, 0.15) is 16.7 Å². The molecule has 0 radical (unpaired) electrons. The van der Waals surface area contributed by atoms with Crippen LogP contribution < -0.4 is 4.89 Å². The molecule has 0 aliphatic rings. The lowest BCUT2D eigenvalue weighted by Crippen LogP contribution is -2.13. The van der Waals surface area contributed by atoms with Gasteiger partial charge in [-0.05, 0) is 13.0 Å². The lowest BCUT2D eigenvalue weighted by Gasteiger charge is -2.13. The Balaban J connectivity index is 2.86. The van der Waals surface area contributed by atoms with Crippen LogP contribution in [-0.2, 0) is 28.8 Å². The Bertz CT molecular complexity index is 1010. The highest BCUT2D eigenvalue weighted by Gasteiger charge is 2.41. The highest BCUT2D eigenvalue weighted by Crippen LogP contribution is 2.48. The minimum Gasteiger partial charge on any atom is -0.327 e. The van der Waals surface area contributed by atoms with Crippen LogP contribution >= 0.6 is 34.8 Å². The number of alkyl halides is 3. The van der Waals surface area contributed by atoms with E-state index in [1.54, 1.807) is 0 Å². The van der Waals surface area contributed by atoms with Crippen LogP contribution in [0.5, 0.6) is 5.75 Å². The molecule has 0 aliphatic heterocycles. The Morgan fingerprint density at radius 1 is 1.28 bits per heavy atom. The van der Waals surface area contributed by atoms with Crippen LogP contribution in [0.3, 0.4) is 0 Å². The van der Waals surface area contributed by atoms with E-state index in [9.17, 15) is 18.0 Å². The molecule has 29 heavy (non-hydrogen) atoms. The number of carbonyl (C=O) groups is 1. The molecule has 156 valence electrons. The number of halogens is 7. The summed E-state index contributed by atoms with van der Waals surface area (Å²) >= 11 is 18.1. The number of benzene rings is 1. The van der Waals surface area contributed by atoms with E-state index in [4.69, 9.17) is 46.1 Å². The fraction of sp³-hybridized carbons (Fsp3) is 0.278. The second kappa shape index (κ2) is 8.74. The molecule has 0 spiro atoms. The second-order valence-corrected chi connectivity index (χ2v) is 6.75. The first-order valence-corrected chi connectivity index (χ1v) is 9.03. The van der Waals surface area contributed by atoms with Crippen molar-refractivity contribution < 1.29 is 32.1 Å². The molecule has 1 aromatic heterocycles. The molecular formula is C18H12Cl3F4NO3. The number of hydrogen-bond donors (Lipinski definition) is 0. The first-order chi connectivity index (χ1) is 13.4. The normalized spacial score (nSPS) is 11.3. The minimum atomic E-state index is -4.85. The Labute approximate surface area is 178 Å². The minimum absolute atomic E-state index is 0.184. The van der Waals surface area contributed by atoms with Crippen molar-refractivity contribution in [2.24, 2.45) is 0 Å². The van der Waals surface area contributed by atoms with Crippen LogP contribution in [0, 0.1) is 18.2 Å². The fourth-order valence-electron chi connectivity index (χ4n) is 2.63. The van der Waals surface area contributed by atoms with Crippen molar-refractivity contribution in [3.05, 3.63) is 38.3 Å². The van der Waals surface area contributed by atoms with Crippen molar-refractivity contribution in [3.8, 4) is 29.2 Å². The SMILES string of the molecule is C#CCc1c(F)c(-c2c(Cl)c(C(F)(F)F)n(CC)c2Cl)cc(OOC(C)=O)c1Cl. The van der Waals surface area contributed by atoms with Gasteiger partial charge in [0.25, 0.3) is 0 Å². The molecule has 1 heterocycles. The molecule has 0 amide bonds. The van der Waals surface area contributed by atoms with Gasteiger partial charge >= 0.3 is 12.1 Å². The third-order valence-corrected chi connectivity index (χ3v) is 4.96. The van der Waals surface area contributed by atoms with Gasteiger partial charge in [0.15, 0.2) is 5.75 Å². The van der Waals surface area contributed by atoms with Crippen LogP contribution in [0.1, 0.15) is 25.1 Å². The monoisotopic (exact) mass is 471 g/mol. The maximum absolute atomic E-state index is 15.1. The lowest BCUT2D eigenvalue weighted by molar-refractivity contribution is -0.210. The number of hydrogen-bond acceptors (Lipinski definition) is 3. The maximum atomic E-state index is 15.1. The van der Waals surface area contributed by atoms with E-state index >= 15 is 4.39 Å². The molecule has 0 unspecified atom stereocenters. The van der Waals surface area contributed by atoms with Crippen LogP contribution in [-0.4, -0.2) is 10.5 Å². The van der Waals surface area contributed by atoms with Crippen LogP contribution in [0.4, 0.5) is 17.6 Å². The van der Waals surface area contributed by atoms with Crippen molar-refractivity contribution in [2.75, 3.05) is 0 Å². The second-order valence-electron chi connectivity index (χ2n) is 5.64. The zero-order valence-electron chi connectivity index (χ0n) is 14.9. The molecule has 0 bridgehead atoms. The van der Waals surface area contributed by atoms with Crippen molar-refractivity contribution in [2.45, 2.75) is 33.0 Å². The highest BCUT2D eigenvalue weighted by molar-refractivity contribution is 6.40.